The number of H-pyrrole nitrogens is 1. The Bertz CT molecular complexity index is 1050. The number of nitrogens with zero attached hydrogens (tertiary/aromatic N) is 2. The fraction of sp³-hybridized carbons (Fsp3) is 0. The lowest BCUT2D eigenvalue weighted by Gasteiger charge is -2.00. The Kier molecular flexibility index (Phi) is 3.20. The van der Waals surface area contributed by atoms with Crippen molar-refractivity contribution in [3.8, 4) is 22.9 Å². The van der Waals surface area contributed by atoms with Crippen molar-refractivity contribution in [2.75, 3.05) is 0 Å². The number of hydrogen-bond acceptors (Lipinski definition) is 4. The van der Waals surface area contributed by atoms with Crippen molar-refractivity contribution in [3.63, 3.8) is 0 Å². The zero-order valence-electron chi connectivity index (χ0n) is 11.8. The van der Waals surface area contributed by atoms with E-state index in [9.17, 15) is 4.79 Å². The molecule has 0 unspecified atom stereocenters. The van der Waals surface area contributed by atoms with E-state index in [1.807, 2.05) is 30.3 Å². The van der Waals surface area contributed by atoms with Crippen LogP contribution in [0.2, 0.25) is 5.02 Å². The summed E-state index contributed by atoms with van der Waals surface area (Å²) >= 11 is 6.00. The monoisotopic (exact) mass is 323 g/mol. The van der Waals surface area contributed by atoms with Crippen LogP contribution in [0.25, 0.3) is 33.8 Å². The Morgan fingerprint density at radius 3 is 2.57 bits per heavy atom. The van der Waals surface area contributed by atoms with Crippen LogP contribution in [0.1, 0.15) is 0 Å². The summed E-state index contributed by atoms with van der Waals surface area (Å²) in [4.78, 5) is 15.0. The number of fused-ring (bicyclic) bond motifs is 1. The largest absolute Gasteiger partial charge is 0.416 e. The van der Waals surface area contributed by atoms with Gasteiger partial charge in [-0.3, -0.25) is 4.79 Å². The summed E-state index contributed by atoms with van der Waals surface area (Å²) in [7, 11) is 0. The van der Waals surface area contributed by atoms with Gasteiger partial charge in [0.15, 0.2) is 0 Å². The van der Waals surface area contributed by atoms with Crippen molar-refractivity contribution in [2.24, 2.45) is 0 Å². The molecule has 0 amide bonds. The van der Waals surface area contributed by atoms with Gasteiger partial charge in [-0.2, -0.15) is 0 Å². The first-order valence-electron chi connectivity index (χ1n) is 6.92. The highest BCUT2D eigenvalue weighted by atomic mass is 35.5. The SMILES string of the molecule is O=c1[nH]c2ccc(Cl)cc2cc1-c1nnc(-c2ccccc2)o1. The average Bonchev–Trinajstić information content (AvgIpc) is 3.05. The van der Waals surface area contributed by atoms with E-state index in [1.165, 1.54) is 0 Å². The van der Waals surface area contributed by atoms with Gasteiger partial charge in [0, 0.05) is 21.5 Å². The minimum atomic E-state index is -0.289. The quantitative estimate of drug-likeness (QED) is 0.607. The number of aromatic amines is 1. The molecule has 5 nitrogen and oxygen atoms in total. The molecule has 0 radical (unpaired) electrons. The van der Waals surface area contributed by atoms with Crippen LogP contribution in [0.4, 0.5) is 0 Å². The summed E-state index contributed by atoms with van der Waals surface area (Å²) in [6.45, 7) is 0. The van der Waals surface area contributed by atoms with Gasteiger partial charge in [0.1, 0.15) is 5.56 Å². The van der Waals surface area contributed by atoms with E-state index in [0.717, 1.165) is 10.9 Å². The number of halogens is 1. The number of aromatic nitrogens is 3. The van der Waals surface area contributed by atoms with Gasteiger partial charge in [0.05, 0.1) is 0 Å². The zero-order chi connectivity index (χ0) is 15.8. The lowest BCUT2D eigenvalue weighted by Crippen LogP contribution is -2.08. The summed E-state index contributed by atoms with van der Waals surface area (Å²) in [5, 5.41) is 9.38. The molecule has 1 N–H and O–H groups in total. The fourth-order valence-corrected chi connectivity index (χ4v) is 2.55. The second kappa shape index (κ2) is 5.37. The molecule has 2 aromatic carbocycles. The molecule has 6 heteroatoms. The highest BCUT2D eigenvalue weighted by molar-refractivity contribution is 6.31. The molecule has 0 bridgehead atoms. The molecule has 0 fully saturated rings. The van der Waals surface area contributed by atoms with E-state index >= 15 is 0 Å². The van der Waals surface area contributed by atoms with Crippen molar-refractivity contribution < 1.29 is 4.42 Å². The van der Waals surface area contributed by atoms with Crippen LogP contribution in [0.15, 0.2) is 63.8 Å². The fourth-order valence-electron chi connectivity index (χ4n) is 2.37. The molecule has 23 heavy (non-hydrogen) atoms. The second-order valence-corrected chi connectivity index (χ2v) is 5.46. The topological polar surface area (TPSA) is 71.8 Å². The maximum Gasteiger partial charge on any atom is 0.261 e. The van der Waals surface area contributed by atoms with E-state index in [2.05, 4.69) is 15.2 Å². The maximum atomic E-state index is 12.2. The van der Waals surface area contributed by atoms with Crippen LogP contribution >= 0.6 is 11.6 Å². The molecule has 0 spiro atoms. The first-order valence-corrected chi connectivity index (χ1v) is 7.30. The second-order valence-electron chi connectivity index (χ2n) is 5.02. The van der Waals surface area contributed by atoms with Gasteiger partial charge >= 0.3 is 0 Å². The van der Waals surface area contributed by atoms with Gasteiger partial charge in [-0.1, -0.05) is 29.8 Å². The lowest BCUT2D eigenvalue weighted by molar-refractivity contribution is 0.584. The molecular formula is C17H10ClN3O2. The third kappa shape index (κ3) is 2.51. The van der Waals surface area contributed by atoms with Crippen LogP contribution in [0.3, 0.4) is 0 Å². The molecule has 0 aliphatic rings. The maximum absolute atomic E-state index is 12.2. The Labute approximate surface area is 135 Å². The van der Waals surface area contributed by atoms with Gasteiger partial charge < -0.3 is 9.40 Å². The van der Waals surface area contributed by atoms with E-state index < -0.39 is 0 Å². The Balaban J connectivity index is 1.85. The summed E-state index contributed by atoms with van der Waals surface area (Å²) in [6, 6.07) is 16.3. The smallest absolute Gasteiger partial charge is 0.261 e. The van der Waals surface area contributed by atoms with Crippen molar-refractivity contribution in [1.82, 2.24) is 15.2 Å². The van der Waals surface area contributed by atoms with Gasteiger partial charge in [0.2, 0.25) is 5.89 Å². The van der Waals surface area contributed by atoms with Crippen LogP contribution in [-0.2, 0) is 0 Å². The van der Waals surface area contributed by atoms with Crippen LogP contribution in [-0.4, -0.2) is 15.2 Å². The summed E-state index contributed by atoms with van der Waals surface area (Å²) in [6.07, 6.45) is 0. The van der Waals surface area contributed by atoms with Crippen molar-refractivity contribution in [1.29, 1.82) is 0 Å². The molecule has 4 aromatic rings. The molecular weight excluding hydrogens is 314 g/mol. The van der Waals surface area contributed by atoms with Crippen LogP contribution in [0.5, 0.6) is 0 Å². The Hall–Kier alpha value is -2.92. The van der Waals surface area contributed by atoms with Crippen molar-refractivity contribution in [2.45, 2.75) is 0 Å². The van der Waals surface area contributed by atoms with E-state index in [0.29, 0.717) is 22.0 Å². The van der Waals surface area contributed by atoms with Crippen LogP contribution < -0.4 is 5.56 Å². The predicted molar refractivity (Wildman–Crippen MR) is 88.3 cm³/mol. The van der Waals surface area contributed by atoms with Gasteiger partial charge in [-0.25, -0.2) is 0 Å². The zero-order valence-corrected chi connectivity index (χ0v) is 12.5. The molecule has 0 saturated heterocycles. The van der Waals surface area contributed by atoms with Crippen molar-refractivity contribution >= 4 is 22.5 Å². The third-order valence-electron chi connectivity index (χ3n) is 3.48. The van der Waals surface area contributed by atoms with E-state index in [4.69, 9.17) is 16.0 Å². The first-order chi connectivity index (χ1) is 11.2. The summed E-state index contributed by atoms with van der Waals surface area (Å²) in [5.74, 6) is 0.540. The minimum absolute atomic E-state index is 0.173. The van der Waals surface area contributed by atoms with Gasteiger partial charge in [0.25, 0.3) is 11.4 Å². The molecule has 112 valence electrons. The number of benzene rings is 2. The lowest BCUT2D eigenvalue weighted by atomic mass is 10.1. The summed E-state index contributed by atoms with van der Waals surface area (Å²) < 4.78 is 5.64. The molecule has 0 aliphatic heterocycles. The first kappa shape index (κ1) is 13.7. The highest BCUT2D eigenvalue weighted by Crippen LogP contribution is 2.24. The summed E-state index contributed by atoms with van der Waals surface area (Å²) in [5.41, 5.74) is 1.52. The molecule has 2 heterocycles. The normalized spacial score (nSPS) is 11.0. The Morgan fingerprint density at radius 1 is 0.957 bits per heavy atom. The van der Waals surface area contributed by atoms with Gasteiger partial charge in [-0.15, -0.1) is 10.2 Å². The van der Waals surface area contributed by atoms with E-state index in [1.54, 1.807) is 24.3 Å². The third-order valence-corrected chi connectivity index (χ3v) is 3.72. The minimum Gasteiger partial charge on any atom is -0.416 e. The van der Waals surface area contributed by atoms with Crippen LogP contribution in [0, 0.1) is 0 Å². The molecule has 0 atom stereocenters. The highest BCUT2D eigenvalue weighted by Gasteiger charge is 2.14. The standard InChI is InChI=1S/C17H10ClN3O2/c18-12-6-7-14-11(8-12)9-13(15(22)19-14)17-21-20-16(23-17)10-4-2-1-3-5-10/h1-9H,(H,19,22). The molecule has 2 aromatic heterocycles. The number of nitrogens with one attached hydrogen (secondary N) is 1. The molecule has 0 aliphatic carbocycles. The Morgan fingerprint density at radius 2 is 1.74 bits per heavy atom. The molecule has 4 rings (SSSR count). The van der Waals surface area contributed by atoms with Crippen molar-refractivity contribution in [3.05, 3.63) is 70.0 Å². The number of rotatable bonds is 2. The van der Waals surface area contributed by atoms with Gasteiger partial charge in [-0.05, 0) is 36.4 Å². The van der Waals surface area contributed by atoms with E-state index in [-0.39, 0.29) is 11.4 Å². The predicted octanol–water partition coefficient (Wildman–Crippen LogP) is 3.90. The molecule has 0 saturated carbocycles. The number of pyridine rings is 1. The average molecular weight is 324 g/mol. The number of hydrogen-bond donors (Lipinski definition) is 1.